The highest BCUT2D eigenvalue weighted by molar-refractivity contribution is 5.93. The van der Waals surface area contributed by atoms with Crippen LogP contribution in [0.25, 0.3) is 0 Å². The molecule has 0 aliphatic carbocycles. The Kier molecular flexibility index (Phi) is 3.80. The van der Waals surface area contributed by atoms with Gasteiger partial charge in [-0.15, -0.1) is 0 Å². The van der Waals surface area contributed by atoms with E-state index in [2.05, 4.69) is 5.32 Å². The molecule has 0 bridgehead atoms. The van der Waals surface area contributed by atoms with Crippen molar-refractivity contribution in [1.82, 2.24) is 4.90 Å². The Balaban J connectivity index is 2.05. The maximum atomic E-state index is 12.5. The summed E-state index contributed by atoms with van der Waals surface area (Å²) in [5.74, 6) is -0.372. The Labute approximate surface area is 109 Å². The summed E-state index contributed by atoms with van der Waals surface area (Å²) in [6, 6.07) is 4.70. The van der Waals surface area contributed by atoms with Crippen molar-refractivity contribution in [3.05, 3.63) is 29.8 Å². The number of nitrogens with one attached hydrogen (secondary N) is 1. The van der Waals surface area contributed by atoms with E-state index in [1.807, 2.05) is 11.9 Å². The van der Waals surface area contributed by atoms with Crippen LogP contribution in [0.2, 0.25) is 0 Å². The molecule has 0 aromatic heterocycles. The number of anilines is 1. The van der Waals surface area contributed by atoms with Gasteiger partial charge in [-0.1, -0.05) is 6.07 Å². The van der Waals surface area contributed by atoms with E-state index in [-0.39, 0.29) is 17.5 Å². The van der Waals surface area contributed by atoms with Crippen molar-refractivity contribution >= 4 is 11.6 Å². The van der Waals surface area contributed by atoms with Crippen LogP contribution in [0.3, 0.4) is 0 Å². The largest absolute Gasteiger partial charge is 0.416 e. The van der Waals surface area contributed by atoms with Gasteiger partial charge in [-0.05, 0) is 38.2 Å². The van der Waals surface area contributed by atoms with Crippen molar-refractivity contribution in [1.29, 1.82) is 0 Å². The number of benzene rings is 1. The summed E-state index contributed by atoms with van der Waals surface area (Å²) in [6.07, 6.45) is -3.66. The summed E-state index contributed by atoms with van der Waals surface area (Å²) >= 11 is 0. The number of nitrogens with zero attached hydrogens (tertiary/aromatic N) is 1. The number of halogens is 3. The van der Waals surface area contributed by atoms with Crippen molar-refractivity contribution in [3.8, 4) is 0 Å². The summed E-state index contributed by atoms with van der Waals surface area (Å²) in [7, 11) is 1.91. The van der Waals surface area contributed by atoms with Gasteiger partial charge < -0.3 is 10.2 Å². The normalized spacial score (nSPS) is 20.5. The molecular weight excluding hydrogens is 257 g/mol. The Morgan fingerprint density at radius 1 is 1.42 bits per heavy atom. The van der Waals surface area contributed by atoms with E-state index in [9.17, 15) is 18.0 Å². The zero-order valence-corrected chi connectivity index (χ0v) is 10.5. The van der Waals surface area contributed by atoms with E-state index in [0.717, 1.165) is 25.1 Å². The molecule has 1 amide bonds. The molecule has 6 heteroatoms. The van der Waals surface area contributed by atoms with E-state index < -0.39 is 11.7 Å². The van der Waals surface area contributed by atoms with Crippen LogP contribution in [0.4, 0.5) is 18.9 Å². The zero-order valence-electron chi connectivity index (χ0n) is 10.5. The second kappa shape index (κ2) is 5.21. The van der Waals surface area contributed by atoms with Crippen LogP contribution in [-0.2, 0) is 11.0 Å². The Hall–Kier alpha value is -1.56. The fourth-order valence-electron chi connectivity index (χ4n) is 2.17. The zero-order chi connectivity index (χ0) is 14.0. The Morgan fingerprint density at radius 3 is 2.74 bits per heavy atom. The van der Waals surface area contributed by atoms with Gasteiger partial charge in [-0.3, -0.25) is 4.79 Å². The SMILES string of the molecule is CN1CCC(C(=O)Nc2cccc(C(F)(F)F)c2)C1. The van der Waals surface area contributed by atoms with E-state index >= 15 is 0 Å². The minimum atomic E-state index is -4.39. The molecule has 2 rings (SSSR count). The second-order valence-corrected chi connectivity index (χ2v) is 4.82. The van der Waals surface area contributed by atoms with Crippen LogP contribution in [0.5, 0.6) is 0 Å². The summed E-state index contributed by atoms with van der Waals surface area (Å²) in [4.78, 5) is 13.9. The molecule has 0 saturated carbocycles. The smallest absolute Gasteiger partial charge is 0.326 e. The third-order valence-corrected chi connectivity index (χ3v) is 3.22. The highest BCUT2D eigenvalue weighted by Gasteiger charge is 2.31. The average molecular weight is 272 g/mol. The fraction of sp³-hybridized carbons (Fsp3) is 0.462. The molecule has 1 heterocycles. The first-order chi connectivity index (χ1) is 8.86. The number of carbonyl (C=O) groups is 1. The quantitative estimate of drug-likeness (QED) is 0.897. The molecule has 19 heavy (non-hydrogen) atoms. The van der Waals surface area contributed by atoms with Gasteiger partial charge >= 0.3 is 6.18 Å². The van der Waals surface area contributed by atoms with Gasteiger partial charge in [0.15, 0.2) is 0 Å². The minimum absolute atomic E-state index is 0.153. The van der Waals surface area contributed by atoms with E-state index in [0.29, 0.717) is 6.54 Å². The molecule has 1 saturated heterocycles. The summed E-state index contributed by atoms with van der Waals surface area (Å²) in [5, 5.41) is 2.55. The number of hydrogen-bond donors (Lipinski definition) is 1. The predicted octanol–water partition coefficient (Wildman–Crippen LogP) is 2.60. The van der Waals surface area contributed by atoms with Crippen molar-refractivity contribution < 1.29 is 18.0 Å². The number of carbonyl (C=O) groups excluding carboxylic acids is 1. The lowest BCUT2D eigenvalue weighted by Gasteiger charge is -2.13. The maximum absolute atomic E-state index is 12.5. The van der Waals surface area contributed by atoms with E-state index in [1.165, 1.54) is 12.1 Å². The van der Waals surface area contributed by atoms with Gasteiger partial charge in [0.1, 0.15) is 0 Å². The third kappa shape index (κ3) is 3.47. The van der Waals surface area contributed by atoms with Gasteiger partial charge in [0.25, 0.3) is 0 Å². The first-order valence-corrected chi connectivity index (χ1v) is 6.03. The van der Waals surface area contributed by atoms with Gasteiger partial charge in [0, 0.05) is 12.2 Å². The van der Waals surface area contributed by atoms with Gasteiger partial charge in [-0.2, -0.15) is 13.2 Å². The fourth-order valence-corrected chi connectivity index (χ4v) is 2.17. The van der Waals surface area contributed by atoms with E-state index in [4.69, 9.17) is 0 Å². The van der Waals surface area contributed by atoms with Crippen LogP contribution < -0.4 is 5.32 Å². The van der Waals surface area contributed by atoms with Gasteiger partial charge in [-0.25, -0.2) is 0 Å². The first kappa shape index (κ1) is 13.9. The lowest BCUT2D eigenvalue weighted by atomic mass is 10.1. The molecule has 104 valence electrons. The summed E-state index contributed by atoms with van der Waals surface area (Å²) in [5.41, 5.74) is -0.566. The molecule has 1 aliphatic rings. The van der Waals surface area contributed by atoms with E-state index in [1.54, 1.807) is 0 Å². The molecule has 1 atom stereocenters. The summed E-state index contributed by atoms with van der Waals surface area (Å²) in [6.45, 7) is 1.48. The molecule has 1 N–H and O–H groups in total. The van der Waals surface area contributed by atoms with Gasteiger partial charge in [0.05, 0.1) is 11.5 Å². The average Bonchev–Trinajstić information content (AvgIpc) is 2.75. The third-order valence-electron chi connectivity index (χ3n) is 3.22. The molecule has 1 aromatic rings. The Morgan fingerprint density at radius 2 is 2.16 bits per heavy atom. The second-order valence-electron chi connectivity index (χ2n) is 4.82. The van der Waals surface area contributed by atoms with Crippen LogP contribution >= 0.6 is 0 Å². The van der Waals surface area contributed by atoms with Crippen LogP contribution in [0, 0.1) is 5.92 Å². The Bertz CT molecular complexity index is 473. The molecule has 1 unspecified atom stereocenters. The minimum Gasteiger partial charge on any atom is -0.326 e. The van der Waals surface area contributed by atoms with Crippen molar-refractivity contribution in [2.75, 3.05) is 25.5 Å². The number of alkyl halides is 3. The lowest BCUT2D eigenvalue weighted by molar-refractivity contribution is -0.137. The van der Waals surface area contributed by atoms with Crippen molar-refractivity contribution in [3.63, 3.8) is 0 Å². The van der Waals surface area contributed by atoms with Crippen LogP contribution in [0.15, 0.2) is 24.3 Å². The molecule has 3 nitrogen and oxygen atoms in total. The molecule has 1 fully saturated rings. The number of hydrogen-bond acceptors (Lipinski definition) is 2. The molecule has 0 spiro atoms. The molecular formula is C13H15F3N2O. The standard InChI is InChI=1S/C13H15F3N2O/c1-18-6-5-9(8-18)12(19)17-11-4-2-3-10(7-11)13(14,15)16/h2-4,7,9H,5-6,8H2,1H3,(H,17,19). The number of rotatable bonds is 2. The van der Waals surface area contributed by atoms with Crippen molar-refractivity contribution in [2.45, 2.75) is 12.6 Å². The topological polar surface area (TPSA) is 32.3 Å². The first-order valence-electron chi connectivity index (χ1n) is 6.03. The molecule has 1 aliphatic heterocycles. The van der Waals surface area contributed by atoms with Gasteiger partial charge in [0.2, 0.25) is 5.91 Å². The molecule has 1 aromatic carbocycles. The number of likely N-dealkylation sites (tertiary alicyclic amines) is 1. The maximum Gasteiger partial charge on any atom is 0.416 e. The molecule has 0 radical (unpaired) electrons. The highest BCUT2D eigenvalue weighted by atomic mass is 19.4. The van der Waals surface area contributed by atoms with Crippen molar-refractivity contribution in [2.24, 2.45) is 5.92 Å². The lowest BCUT2D eigenvalue weighted by Crippen LogP contribution is -2.25. The summed E-state index contributed by atoms with van der Waals surface area (Å²) < 4.78 is 37.6. The number of amides is 1. The monoisotopic (exact) mass is 272 g/mol. The van der Waals surface area contributed by atoms with Crippen LogP contribution in [-0.4, -0.2) is 30.9 Å². The highest BCUT2D eigenvalue weighted by Crippen LogP contribution is 2.30. The predicted molar refractivity (Wildman–Crippen MR) is 65.7 cm³/mol. The van der Waals surface area contributed by atoms with Crippen LogP contribution in [0.1, 0.15) is 12.0 Å².